The Kier molecular flexibility index (Phi) is 4.47. The third-order valence-corrected chi connectivity index (χ3v) is 5.12. The fraction of sp³-hybridized carbons (Fsp3) is 0.368. The van der Waals surface area contributed by atoms with Crippen LogP contribution in [0.2, 0.25) is 0 Å². The molecular formula is C19H18FN5O3. The zero-order chi connectivity index (χ0) is 19.8. The summed E-state index contributed by atoms with van der Waals surface area (Å²) in [7, 11) is 0. The Bertz CT molecular complexity index is 996. The van der Waals surface area contributed by atoms with Crippen LogP contribution in [0.1, 0.15) is 36.6 Å². The Morgan fingerprint density at radius 3 is 3.00 bits per heavy atom. The minimum atomic E-state index is -0.638. The molecule has 2 aliphatic heterocycles. The van der Waals surface area contributed by atoms with Crippen molar-refractivity contribution in [2.75, 3.05) is 16.8 Å². The molecule has 3 heterocycles. The first kappa shape index (κ1) is 18.0. The standard InChI is InChI=1S/C19H18FN5O3/c1-11-7-16-14(18(28-23-16)24-6-2-3-17(24)26)10-25(11)19(27)22-13-4-5-15(20)12(8-13)9-21/h4-5,8,11H,2-3,6-7,10H2,1H3,(H,22,27). The lowest BCUT2D eigenvalue weighted by atomic mass is 10.0. The maximum Gasteiger partial charge on any atom is 0.322 e. The Labute approximate surface area is 160 Å². The summed E-state index contributed by atoms with van der Waals surface area (Å²) >= 11 is 0. The molecule has 0 aliphatic carbocycles. The molecule has 0 bridgehead atoms. The second kappa shape index (κ2) is 6.96. The number of hydrogen-bond acceptors (Lipinski definition) is 5. The average Bonchev–Trinajstić information content (AvgIpc) is 3.27. The van der Waals surface area contributed by atoms with E-state index in [1.807, 2.05) is 6.92 Å². The van der Waals surface area contributed by atoms with Gasteiger partial charge in [0.25, 0.3) is 0 Å². The van der Waals surface area contributed by atoms with Crippen LogP contribution in [0, 0.1) is 17.1 Å². The summed E-state index contributed by atoms with van der Waals surface area (Å²) in [5.41, 5.74) is 1.68. The summed E-state index contributed by atoms with van der Waals surface area (Å²) in [5, 5.41) is 15.7. The Morgan fingerprint density at radius 1 is 1.46 bits per heavy atom. The molecule has 1 unspecified atom stereocenters. The molecule has 1 aromatic heterocycles. The maximum absolute atomic E-state index is 13.5. The predicted octanol–water partition coefficient (Wildman–Crippen LogP) is 2.79. The van der Waals surface area contributed by atoms with E-state index in [0.29, 0.717) is 31.0 Å². The molecule has 2 aliphatic rings. The summed E-state index contributed by atoms with van der Waals surface area (Å²) in [6, 6.07) is 5.07. The van der Waals surface area contributed by atoms with E-state index in [1.54, 1.807) is 15.9 Å². The van der Waals surface area contributed by atoms with Crippen molar-refractivity contribution in [1.82, 2.24) is 10.1 Å². The van der Waals surface area contributed by atoms with Crippen molar-refractivity contribution in [3.63, 3.8) is 0 Å². The van der Waals surface area contributed by atoms with E-state index in [2.05, 4.69) is 10.5 Å². The lowest BCUT2D eigenvalue weighted by Gasteiger charge is -2.33. The third-order valence-electron chi connectivity index (χ3n) is 5.12. The highest BCUT2D eigenvalue weighted by molar-refractivity contribution is 5.95. The number of amides is 3. The topological polar surface area (TPSA) is 102 Å². The molecule has 1 atom stereocenters. The SMILES string of the molecule is CC1Cc2noc(N3CCCC3=O)c2CN1C(=O)Nc1ccc(F)c(C#N)c1. The number of anilines is 2. The molecule has 2 aromatic rings. The number of urea groups is 1. The molecule has 0 radical (unpaired) electrons. The van der Waals surface area contributed by atoms with Crippen molar-refractivity contribution >= 4 is 23.5 Å². The smallest absolute Gasteiger partial charge is 0.322 e. The lowest BCUT2D eigenvalue weighted by Crippen LogP contribution is -2.45. The molecule has 144 valence electrons. The highest BCUT2D eigenvalue weighted by Gasteiger charge is 2.36. The van der Waals surface area contributed by atoms with E-state index in [9.17, 15) is 14.0 Å². The molecule has 28 heavy (non-hydrogen) atoms. The van der Waals surface area contributed by atoms with Crippen molar-refractivity contribution in [1.29, 1.82) is 5.26 Å². The third kappa shape index (κ3) is 3.07. The maximum atomic E-state index is 13.5. The Balaban J connectivity index is 1.55. The minimum Gasteiger partial charge on any atom is -0.338 e. The van der Waals surface area contributed by atoms with Gasteiger partial charge in [0.05, 0.1) is 23.4 Å². The van der Waals surface area contributed by atoms with Gasteiger partial charge in [0, 0.05) is 31.1 Å². The van der Waals surface area contributed by atoms with Gasteiger partial charge in [0.2, 0.25) is 11.8 Å². The van der Waals surface area contributed by atoms with Crippen molar-refractivity contribution < 1.29 is 18.5 Å². The van der Waals surface area contributed by atoms with Crippen LogP contribution in [-0.2, 0) is 17.8 Å². The van der Waals surface area contributed by atoms with Crippen molar-refractivity contribution in [2.45, 2.75) is 38.8 Å². The van der Waals surface area contributed by atoms with Gasteiger partial charge in [0.15, 0.2) is 0 Å². The van der Waals surface area contributed by atoms with Crippen molar-refractivity contribution in [3.05, 3.63) is 40.8 Å². The molecule has 0 spiro atoms. The number of halogens is 1. The lowest BCUT2D eigenvalue weighted by molar-refractivity contribution is -0.117. The number of hydrogen-bond donors (Lipinski definition) is 1. The number of carbonyl (C=O) groups is 2. The van der Waals surface area contributed by atoms with Gasteiger partial charge in [-0.1, -0.05) is 5.16 Å². The van der Waals surface area contributed by atoms with Gasteiger partial charge in [-0.3, -0.25) is 9.69 Å². The van der Waals surface area contributed by atoms with E-state index in [1.165, 1.54) is 12.1 Å². The number of nitriles is 1. The largest absolute Gasteiger partial charge is 0.338 e. The Hall–Kier alpha value is -3.41. The molecule has 1 saturated heterocycles. The van der Waals surface area contributed by atoms with Crippen LogP contribution in [0.25, 0.3) is 0 Å². The van der Waals surface area contributed by atoms with Crippen LogP contribution >= 0.6 is 0 Å². The number of aromatic nitrogens is 1. The number of nitrogens with zero attached hydrogens (tertiary/aromatic N) is 4. The van der Waals surface area contributed by atoms with Crippen LogP contribution < -0.4 is 10.2 Å². The number of carbonyl (C=O) groups excluding carboxylic acids is 2. The first-order valence-electron chi connectivity index (χ1n) is 9.03. The van der Waals surface area contributed by atoms with E-state index in [-0.39, 0.29) is 30.1 Å². The van der Waals surface area contributed by atoms with E-state index in [4.69, 9.17) is 9.78 Å². The first-order valence-corrected chi connectivity index (χ1v) is 9.03. The monoisotopic (exact) mass is 383 g/mol. The number of nitrogens with one attached hydrogen (secondary N) is 1. The van der Waals surface area contributed by atoms with Gasteiger partial charge in [-0.15, -0.1) is 0 Å². The van der Waals surface area contributed by atoms with Crippen LogP contribution in [-0.4, -0.2) is 34.6 Å². The fourth-order valence-electron chi connectivity index (χ4n) is 3.60. The van der Waals surface area contributed by atoms with Gasteiger partial charge >= 0.3 is 6.03 Å². The van der Waals surface area contributed by atoms with E-state index >= 15 is 0 Å². The summed E-state index contributed by atoms with van der Waals surface area (Å²) in [6.45, 7) is 2.72. The fourth-order valence-corrected chi connectivity index (χ4v) is 3.60. The second-order valence-corrected chi connectivity index (χ2v) is 6.98. The summed E-state index contributed by atoms with van der Waals surface area (Å²) < 4.78 is 18.9. The zero-order valence-corrected chi connectivity index (χ0v) is 15.2. The van der Waals surface area contributed by atoms with Gasteiger partial charge in [-0.2, -0.15) is 5.26 Å². The summed E-state index contributed by atoms with van der Waals surface area (Å²) in [6.07, 6.45) is 1.74. The van der Waals surface area contributed by atoms with Gasteiger partial charge in [-0.05, 0) is 31.5 Å². The highest BCUT2D eigenvalue weighted by Crippen LogP contribution is 2.33. The number of fused-ring (bicyclic) bond motifs is 1. The van der Waals surface area contributed by atoms with Crippen molar-refractivity contribution in [2.24, 2.45) is 0 Å². The second-order valence-electron chi connectivity index (χ2n) is 6.98. The van der Waals surface area contributed by atoms with Gasteiger partial charge < -0.3 is 14.7 Å². The number of rotatable bonds is 2. The van der Waals surface area contributed by atoms with Crippen molar-refractivity contribution in [3.8, 4) is 6.07 Å². The normalized spacial score (nSPS) is 18.8. The van der Waals surface area contributed by atoms with E-state index in [0.717, 1.165) is 23.7 Å². The molecule has 9 heteroatoms. The molecule has 4 rings (SSSR count). The predicted molar refractivity (Wildman–Crippen MR) is 96.9 cm³/mol. The highest BCUT2D eigenvalue weighted by atomic mass is 19.1. The summed E-state index contributed by atoms with van der Waals surface area (Å²) in [5.74, 6) is -0.236. The molecule has 0 saturated carbocycles. The quantitative estimate of drug-likeness (QED) is 0.859. The molecule has 1 fully saturated rings. The molecule has 8 nitrogen and oxygen atoms in total. The van der Waals surface area contributed by atoms with Crippen LogP contribution in [0.5, 0.6) is 0 Å². The zero-order valence-electron chi connectivity index (χ0n) is 15.2. The first-order chi connectivity index (χ1) is 13.5. The van der Waals surface area contributed by atoms with Crippen LogP contribution in [0.15, 0.2) is 22.7 Å². The Morgan fingerprint density at radius 2 is 2.29 bits per heavy atom. The molecule has 1 aromatic carbocycles. The van der Waals surface area contributed by atoms with Crippen LogP contribution in [0.3, 0.4) is 0 Å². The molecule has 1 N–H and O–H groups in total. The average molecular weight is 383 g/mol. The van der Waals surface area contributed by atoms with E-state index < -0.39 is 5.82 Å². The molecule has 3 amide bonds. The van der Waals surface area contributed by atoms with Gasteiger partial charge in [-0.25, -0.2) is 9.18 Å². The molecular weight excluding hydrogens is 365 g/mol. The summed E-state index contributed by atoms with van der Waals surface area (Å²) in [4.78, 5) is 28.0. The minimum absolute atomic E-state index is 0.0103. The number of benzene rings is 1. The van der Waals surface area contributed by atoms with Crippen LogP contribution in [0.4, 0.5) is 20.8 Å². The van der Waals surface area contributed by atoms with Gasteiger partial charge in [0.1, 0.15) is 11.9 Å².